The van der Waals surface area contributed by atoms with E-state index in [1.165, 1.54) is 0 Å². The highest BCUT2D eigenvalue weighted by Crippen LogP contribution is 2.23. The molecule has 1 unspecified atom stereocenters. The van der Waals surface area contributed by atoms with Crippen LogP contribution in [0.2, 0.25) is 0 Å². The normalized spacial score (nSPS) is 22.0. The Labute approximate surface area is 125 Å². The number of piperazine rings is 1. The Morgan fingerprint density at radius 1 is 1.14 bits per heavy atom. The Balaban J connectivity index is 1.82. The summed E-state index contributed by atoms with van der Waals surface area (Å²) in [6.07, 6.45) is 3.52. The summed E-state index contributed by atoms with van der Waals surface area (Å²) in [6, 6.07) is 3.70. The third-order valence-electron chi connectivity index (χ3n) is 4.10. The predicted molar refractivity (Wildman–Crippen MR) is 78.8 cm³/mol. The van der Waals surface area contributed by atoms with Gasteiger partial charge in [-0.1, -0.05) is 0 Å². The van der Waals surface area contributed by atoms with Crippen molar-refractivity contribution in [2.45, 2.75) is 6.04 Å². The molecule has 1 amide bonds. The van der Waals surface area contributed by atoms with Gasteiger partial charge in [0.2, 0.25) is 5.91 Å². The molecule has 2 aliphatic heterocycles. The van der Waals surface area contributed by atoms with Gasteiger partial charge < -0.3 is 15.0 Å². The number of ether oxygens (including phenoxy) is 1. The number of rotatable bonds is 3. The lowest BCUT2D eigenvalue weighted by Gasteiger charge is -2.38. The van der Waals surface area contributed by atoms with Crippen molar-refractivity contribution in [2.75, 3.05) is 52.5 Å². The molecule has 3 heterocycles. The maximum Gasteiger partial charge on any atom is 0.244 e. The molecule has 21 heavy (non-hydrogen) atoms. The smallest absolute Gasteiger partial charge is 0.244 e. The number of carbonyl (C=O) groups is 1. The van der Waals surface area contributed by atoms with Crippen LogP contribution < -0.4 is 5.32 Å². The second kappa shape index (κ2) is 6.98. The summed E-state index contributed by atoms with van der Waals surface area (Å²) in [5.74, 6) is 0.186. The van der Waals surface area contributed by atoms with Gasteiger partial charge in [0.05, 0.1) is 13.2 Å². The Morgan fingerprint density at radius 2 is 1.81 bits per heavy atom. The second-order valence-electron chi connectivity index (χ2n) is 5.41. The monoisotopic (exact) mass is 290 g/mol. The molecular weight excluding hydrogens is 268 g/mol. The van der Waals surface area contributed by atoms with Gasteiger partial charge in [-0.15, -0.1) is 0 Å². The Kier molecular flexibility index (Phi) is 4.80. The standard InChI is InChI=1S/C15H22N4O2/c20-15(19-9-11-21-12-10-19)14(13-1-3-16-4-2-13)18-7-5-17-6-8-18/h1-4,14,17H,5-12H2. The zero-order valence-electron chi connectivity index (χ0n) is 12.2. The summed E-state index contributed by atoms with van der Waals surface area (Å²) in [7, 11) is 0. The second-order valence-corrected chi connectivity index (χ2v) is 5.41. The number of carbonyl (C=O) groups excluding carboxylic acids is 1. The van der Waals surface area contributed by atoms with E-state index in [4.69, 9.17) is 4.74 Å². The first-order chi connectivity index (χ1) is 10.4. The Bertz CT molecular complexity index is 456. The van der Waals surface area contributed by atoms with Crippen LogP contribution in [0.1, 0.15) is 11.6 Å². The molecule has 1 aromatic heterocycles. The predicted octanol–water partition coefficient (Wildman–Crippen LogP) is -0.113. The SMILES string of the molecule is O=C(C(c1ccncc1)N1CCNCC1)N1CCOCC1. The lowest BCUT2D eigenvalue weighted by atomic mass is 10.0. The van der Waals surface area contributed by atoms with Gasteiger partial charge in [-0.25, -0.2) is 0 Å². The third-order valence-corrected chi connectivity index (χ3v) is 4.10. The van der Waals surface area contributed by atoms with Crippen LogP contribution in [0.4, 0.5) is 0 Å². The highest BCUT2D eigenvalue weighted by atomic mass is 16.5. The van der Waals surface area contributed by atoms with E-state index >= 15 is 0 Å². The van der Waals surface area contributed by atoms with Gasteiger partial charge in [0.25, 0.3) is 0 Å². The summed E-state index contributed by atoms with van der Waals surface area (Å²) in [5.41, 5.74) is 1.03. The molecule has 1 aromatic rings. The van der Waals surface area contributed by atoms with Crippen LogP contribution in [0, 0.1) is 0 Å². The van der Waals surface area contributed by atoms with Crippen molar-refractivity contribution in [1.82, 2.24) is 20.1 Å². The molecule has 0 spiro atoms. The van der Waals surface area contributed by atoms with E-state index in [9.17, 15) is 4.79 Å². The van der Waals surface area contributed by atoms with Gasteiger partial charge >= 0.3 is 0 Å². The molecule has 6 heteroatoms. The molecular formula is C15H22N4O2. The van der Waals surface area contributed by atoms with Crippen molar-refractivity contribution in [2.24, 2.45) is 0 Å². The van der Waals surface area contributed by atoms with Gasteiger partial charge in [0.15, 0.2) is 0 Å². The fraction of sp³-hybridized carbons (Fsp3) is 0.600. The van der Waals surface area contributed by atoms with Crippen molar-refractivity contribution < 1.29 is 9.53 Å². The van der Waals surface area contributed by atoms with Crippen LogP contribution in [0.15, 0.2) is 24.5 Å². The summed E-state index contributed by atoms with van der Waals surface area (Å²) >= 11 is 0. The van der Waals surface area contributed by atoms with Crippen molar-refractivity contribution >= 4 is 5.91 Å². The molecule has 1 atom stereocenters. The lowest BCUT2D eigenvalue weighted by molar-refractivity contribution is -0.141. The zero-order valence-corrected chi connectivity index (χ0v) is 12.2. The minimum atomic E-state index is -0.201. The molecule has 2 saturated heterocycles. The van der Waals surface area contributed by atoms with E-state index < -0.39 is 0 Å². The Morgan fingerprint density at radius 3 is 2.48 bits per heavy atom. The topological polar surface area (TPSA) is 57.7 Å². The molecule has 0 bridgehead atoms. The number of hydrogen-bond acceptors (Lipinski definition) is 5. The number of pyridine rings is 1. The molecule has 6 nitrogen and oxygen atoms in total. The van der Waals surface area contributed by atoms with Gasteiger partial charge in [0.1, 0.15) is 6.04 Å². The molecule has 0 radical (unpaired) electrons. The van der Waals surface area contributed by atoms with Crippen molar-refractivity contribution in [1.29, 1.82) is 0 Å². The average molecular weight is 290 g/mol. The fourth-order valence-corrected chi connectivity index (χ4v) is 2.95. The highest BCUT2D eigenvalue weighted by Gasteiger charge is 2.32. The van der Waals surface area contributed by atoms with E-state index in [1.807, 2.05) is 17.0 Å². The lowest BCUT2D eigenvalue weighted by Crippen LogP contribution is -2.52. The number of hydrogen-bond donors (Lipinski definition) is 1. The first-order valence-electron chi connectivity index (χ1n) is 7.57. The summed E-state index contributed by atoms with van der Waals surface area (Å²) in [6.45, 7) is 6.29. The number of amides is 1. The summed E-state index contributed by atoms with van der Waals surface area (Å²) in [4.78, 5) is 21.2. The Hall–Kier alpha value is -1.50. The van der Waals surface area contributed by atoms with E-state index in [0.717, 1.165) is 31.7 Å². The molecule has 2 fully saturated rings. The van der Waals surface area contributed by atoms with Gasteiger partial charge in [0, 0.05) is 51.7 Å². The third kappa shape index (κ3) is 3.40. The fourth-order valence-electron chi connectivity index (χ4n) is 2.95. The summed E-state index contributed by atoms with van der Waals surface area (Å²) in [5, 5.41) is 3.34. The number of aromatic nitrogens is 1. The maximum atomic E-state index is 13.0. The van der Waals surface area contributed by atoms with Crippen molar-refractivity contribution in [3.8, 4) is 0 Å². The van der Waals surface area contributed by atoms with Crippen molar-refractivity contribution in [3.05, 3.63) is 30.1 Å². The van der Waals surface area contributed by atoms with Gasteiger partial charge in [-0.05, 0) is 17.7 Å². The van der Waals surface area contributed by atoms with Crippen LogP contribution in [0.25, 0.3) is 0 Å². The molecule has 0 aliphatic carbocycles. The molecule has 114 valence electrons. The molecule has 0 aromatic carbocycles. The molecule has 3 rings (SSSR count). The zero-order chi connectivity index (χ0) is 14.5. The van der Waals surface area contributed by atoms with Crippen LogP contribution in [-0.2, 0) is 9.53 Å². The number of nitrogens with zero attached hydrogens (tertiary/aromatic N) is 3. The van der Waals surface area contributed by atoms with E-state index in [2.05, 4.69) is 15.2 Å². The average Bonchev–Trinajstić information content (AvgIpc) is 2.58. The highest BCUT2D eigenvalue weighted by molar-refractivity contribution is 5.83. The summed E-state index contributed by atoms with van der Waals surface area (Å²) < 4.78 is 5.35. The van der Waals surface area contributed by atoms with Gasteiger partial charge in [-0.3, -0.25) is 14.7 Å². The van der Waals surface area contributed by atoms with Gasteiger partial charge in [-0.2, -0.15) is 0 Å². The van der Waals surface area contributed by atoms with Crippen LogP contribution >= 0.6 is 0 Å². The minimum Gasteiger partial charge on any atom is -0.378 e. The first kappa shape index (κ1) is 14.4. The first-order valence-corrected chi connectivity index (χ1v) is 7.57. The molecule has 1 N–H and O–H groups in total. The maximum absolute atomic E-state index is 13.0. The molecule has 2 aliphatic rings. The number of morpholine rings is 1. The van der Waals surface area contributed by atoms with E-state index in [1.54, 1.807) is 12.4 Å². The largest absolute Gasteiger partial charge is 0.378 e. The van der Waals surface area contributed by atoms with Crippen LogP contribution in [0.3, 0.4) is 0 Å². The number of nitrogens with one attached hydrogen (secondary N) is 1. The molecule has 0 saturated carbocycles. The quantitative estimate of drug-likeness (QED) is 0.841. The van der Waals surface area contributed by atoms with E-state index in [0.29, 0.717) is 26.3 Å². The van der Waals surface area contributed by atoms with E-state index in [-0.39, 0.29) is 11.9 Å². The van der Waals surface area contributed by atoms with Crippen LogP contribution in [-0.4, -0.2) is 73.2 Å². The van der Waals surface area contributed by atoms with Crippen molar-refractivity contribution in [3.63, 3.8) is 0 Å². The minimum absolute atomic E-state index is 0.186. The van der Waals surface area contributed by atoms with Crippen LogP contribution in [0.5, 0.6) is 0 Å².